The summed E-state index contributed by atoms with van der Waals surface area (Å²) in [6, 6.07) is 0. The first-order valence-electron chi connectivity index (χ1n) is 5.09. The van der Waals surface area contributed by atoms with Crippen LogP contribution in [0.25, 0.3) is 0 Å². The first kappa shape index (κ1) is 12.5. The van der Waals surface area contributed by atoms with Gasteiger partial charge in [0, 0.05) is 19.8 Å². The SMILES string of the molecule is COC(=O)C1=C(OC(C)=O)CC(C)=C(C)C1. The maximum atomic E-state index is 11.5. The Balaban J connectivity index is 3.01. The first-order chi connectivity index (χ1) is 7.45. The second kappa shape index (κ2) is 4.96. The van der Waals surface area contributed by atoms with E-state index in [-0.39, 0.29) is 0 Å². The molecule has 1 aliphatic carbocycles. The monoisotopic (exact) mass is 224 g/mol. The molecule has 0 saturated heterocycles. The molecule has 0 saturated carbocycles. The molecule has 0 aromatic rings. The molecule has 0 heterocycles. The van der Waals surface area contributed by atoms with Crippen LogP contribution >= 0.6 is 0 Å². The number of hydrogen-bond donors (Lipinski definition) is 0. The molecular formula is C12H16O4. The van der Waals surface area contributed by atoms with Crippen molar-refractivity contribution in [3.8, 4) is 0 Å². The van der Waals surface area contributed by atoms with Crippen LogP contribution in [0, 0.1) is 0 Å². The predicted octanol–water partition coefficient (Wildman–Crippen LogP) is 2.11. The third kappa shape index (κ3) is 2.72. The van der Waals surface area contributed by atoms with Crippen LogP contribution in [0.3, 0.4) is 0 Å². The maximum Gasteiger partial charge on any atom is 0.337 e. The Morgan fingerprint density at radius 3 is 2.19 bits per heavy atom. The van der Waals surface area contributed by atoms with Crippen molar-refractivity contribution in [3.05, 3.63) is 22.5 Å². The van der Waals surface area contributed by atoms with E-state index >= 15 is 0 Å². The van der Waals surface area contributed by atoms with Crippen molar-refractivity contribution in [2.24, 2.45) is 0 Å². The van der Waals surface area contributed by atoms with Crippen molar-refractivity contribution >= 4 is 11.9 Å². The summed E-state index contributed by atoms with van der Waals surface area (Å²) in [6.45, 7) is 5.25. The highest BCUT2D eigenvalue weighted by atomic mass is 16.5. The number of methoxy groups -OCH3 is 1. The molecule has 88 valence electrons. The number of rotatable bonds is 2. The van der Waals surface area contributed by atoms with Gasteiger partial charge in [0.25, 0.3) is 0 Å². The van der Waals surface area contributed by atoms with Gasteiger partial charge in [-0.05, 0) is 13.8 Å². The second-order valence-electron chi connectivity index (χ2n) is 3.90. The highest BCUT2D eigenvalue weighted by molar-refractivity contribution is 5.90. The molecule has 1 rings (SSSR count). The van der Waals surface area contributed by atoms with Crippen LogP contribution in [0.4, 0.5) is 0 Å². The van der Waals surface area contributed by atoms with E-state index in [0.29, 0.717) is 24.2 Å². The average molecular weight is 224 g/mol. The summed E-state index contributed by atoms with van der Waals surface area (Å²) in [5, 5.41) is 0. The van der Waals surface area contributed by atoms with Crippen molar-refractivity contribution in [2.45, 2.75) is 33.6 Å². The van der Waals surface area contributed by atoms with E-state index in [1.165, 1.54) is 14.0 Å². The molecule has 1 aliphatic rings. The van der Waals surface area contributed by atoms with Crippen LogP contribution in [0.1, 0.15) is 33.6 Å². The van der Waals surface area contributed by atoms with Crippen LogP contribution in [0.5, 0.6) is 0 Å². The summed E-state index contributed by atoms with van der Waals surface area (Å²) in [5.41, 5.74) is 2.70. The fraction of sp³-hybridized carbons (Fsp3) is 0.500. The highest BCUT2D eigenvalue weighted by Gasteiger charge is 2.24. The van der Waals surface area contributed by atoms with Crippen LogP contribution < -0.4 is 0 Å². The standard InChI is InChI=1S/C12H16O4/c1-7-5-10(12(14)15-4)11(6-8(7)2)16-9(3)13/h5-6H2,1-4H3. The quantitative estimate of drug-likeness (QED) is 0.532. The van der Waals surface area contributed by atoms with Crippen molar-refractivity contribution in [1.82, 2.24) is 0 Å². The van der Waals surface area contributed by atoms with Gasteiger partial charge in [0.1, 0.15) is 5.76 Å². The lowest BCUT2D eigenvalue weighted by molar-refractivity contribution is -0.138. The second-order valence-corrected chi connectivity index (χ2v) is 3.90. The Morgan fingerprint density at radius 2 is 1.69 bits per heavy atom. The van der Waals surface area contributed by atoms with Gasteiger partial charge in [0.15, 0.2) is 0 Å². The fourth-order valence-electron chi connectivity index (χ4n) is 1.59. The van der Waals surface area contributed by atoms with Gasteiger partial charge in [-0.2, -0.15) is 0 Å². The van der Waals surface area contributed by atoms with Crippen LogP contribution in [0.2, 0.25) is 0 Å². The predicted molar refractivity (Wildman–Crippen MR) is 58.4 cm³/mol. The van der Waals surface area contributed by atoms with Crippen molar-refractivity contribution < 1.29 is 19.1 Å². The van der Waals surface area contributed by atoms with E-state index in [9.17, 15) is 9.59 Å². The van der Waals surface area contributed by atoms with Gasteiger partial charge in [-0.1, -0.05) is 11.1 Å². The van der Waals surface area contributed by atoms with Crippen LogP contribution in [-0.2, 0) is 19.1 Å². The summed E-state index contributed by atoms with van der Waals surface area (Å²) in [7, 11) is 1.32. The summed E-state index contributed by atoms with van der Waals surface area (Å²) in [5.74, 6) is -0.422. The minimum Gasteiger partial charge on any atom is -0.466 e. The normalized spacial score (nSPS) is 16.2. The minimum atomic E-state index is -0.428. The van der Waals surface area contributed by atoms with Gasteiger partial charge >= 0.3 is 11.9 Å². The van der Waals surface area contributed by atoms with E-state index in [1.807, 2.05) is 13.8 Å². The molecule has 0 N–H and O–H groups in total. The van der Waals surface area contributed by atoms with Gasteiger partial charge in [-0.3, -0.25) is 4.79 Å². The minimum absolute atomic E-state index is 0.413. The van der Waals surface area contributed by atoms with Gasteiger partial charge in [-0.25, -0.2) is 4.79 Å². The lowest BCUT2D eigenvalue weighted by Crippen LogP contribution is -2.15. The van der Waals surface area contributed by atoms with Crippen molar-refractivity contribution in [3.63, 3.8) is 0 Å². The van der Waals surface area contributed by atoms with Gasteiger partial charge < -0.3 is 9.47 Å². The topological polar surface area (TPSA) is 52.6 Å². The Labute approximate surface area is 94.9 Å². The molecular weight excluding hydrogens is 208 g/mol. The third-order valence-corrected chi connectivity index (χ3v) is 2.63. The first-order valence-corrected chi connectivity index (χ1v) is 5.09. The Hall–Kier alpha value is -1.58. The lowest BCUT2D eigenvalue weighted by atomic mass is 9.92. The van der Waals surface area contributed by atoms with Gasteiger partial charge in [-0.15, -0.1) is 0 Å². The molecule has 4 nitrogen and oxygen atoms in total. The number of allylic oxidation sites excluding steroid dienone is 2. The number of carbonyl (C=O) groups is 2. The molecule has 0 atom stereocenters. The Morgan fingerprint density at radius 1 is 1.12 bits per heavy atom. The molecule has 4 heteroatoms. The third-order valence-electron chi connectivity index (χ3n) is 2.63. The molecule has 0 aliphatic heterocycles. The molecule has 0 aromatic carbocycles. The average Bonchev–Trinajstić information content (AvgIpc) is 2.21. The van der Waals surface area contributed by atoms with Crippen molar-refractivity contribution in [1.29, 1.82) is 0 Å². The smallest absolute Gasteiger partial charge is 0.337 e. The lowest BCUT2D eigenvalue weighted by Gasteiger charge is -2.20. The summed E-state index contributed by atoms with van der Waals surface area (Å²) in [4.78, 5) is 22.4. The molecule has 0 amide bonds. The molecule has 0 radical (unpaired) electrons. The number of ether oxygens (including phenoxy) is 2. The van der Waals surface area contributed by atoms with Gasteiger partial charge in [0.05, 0.1) is 12.7 Å². The largest absolute Gasteiger partial charge is 0.466 e. The summed E-state index contributed by atoms with van der Waals surface area (Å²) < 4.78 is 9.73. The zero-order valence-corrected chi connectivity index (χ0v) is 10.0. The van der Waals surface area contributed by atoms with Crippen LogP contribution in [-0.4, -0.2) is 19.0 Å². The number of esters is 2. The molecule has 0 fully saturated rings. The Kier molecular flexibility index (Phi) is 3.88. The molecule has 0 bridgehead atoms. The molecule has 16 heavy (non-hydrogen) atoms. The zero-order valence-electron chi connectivity index (χ0n) is 10.0. The number of hydrogen-bond acceptors (Lipinski definition) is 4. The van der Waals surface area contributed by atoms with E-state index < -0.39 is 11.9 Å². The molecule has 0 aromatic heterocycles. The summed E-state index contributed by atoms with van der Waals surface area (Å²) in [6.07, 6.45) is 0.983. The summed E-state index contributed by atoms with van der Waals surface area (Å²) >= 11 is 0. The number of carbonyl (C=O) groups excluding carboxylic acids is 2. The molecule has 0 spiro atoms. The van der Waals surface area contributed by atoms with E-state index in [1.54, 1.807) is 0 Å². The molecule has 0 unspecified atom stereocenters. The van der Waals surface area contributed by atoms with E-state index in [0.717, 1.165) is 11.1 Å². The van der Waals surface area contributed by atoms with Gasteiger partial charge in [0.2, 0.25) is 0 Å². The highest BCUT2D eigenvalue weighted by Crippen LogP contribution is 2.30. The van der Waals surface area contributed by atoms with E-state index in [2.05, 4.69) is 4.74 Å². The maximum absolute atomic E-state index is 11.5. The fourth-order valence-corrected chi connectivity index (χ4v) is 1.59. The zero-order chi connectivity index (χ0) is 12.3. The van der Waals surface area contributed by atoms with E-state index in [4.69, 9.17) is 4.74 Å². The van der Waals surface area contributed by atoms with Crippen molar-refractivity contribution in [2.75, 3.05) is 7.11 Å². The van der Waals surface area contributed by atoms with Crippen LogP contribution in [0.15, 0.2) is 22.5 Å². The Bertz CT molecular complexity index is 388.